The van der Waals surface area contributed by atoms with Gasteiger partial charge in [0.2, 0.25) is 11.7 Å². The predicted octanol–water partition coefficient (Wildman–Crippen LogP) is 6.24. The fourth-order valence-electron chi connectivity index (χ4n) is 5.16. The number of carbonyl (C=O) groups excluding carboxylic acids is 1. The van der Waals surface area contributed by atoms with Crippen LogP contribution in [0.3, 0.4) is 0 Å². The largest absolute Gasteiger partial charge is 0.493 e. The van der Waals surface area contributed by atoms with Gasteiger partial charge in [-0.1, -0.05) is 60.2 Å². The number of carbonyl (C=O) groups is 1. The summed E-state index contributed by atoms with van der Waals surface area (Å²) >= 11 is 0. The fourth-order valence-corrected chi connectivity index (χ4v) is 5.16. The minimum Gasteiger partial charge on any atom is -0.493 e. The number of aryl methyl sites for hydroxylation is 1. The van der Waals surface area contributed by atoms with E-state index in [0.717, 1.165) is 33.2 Å². The maximum atomic E-state index is 13.6. The van der Waals surface area contributed by atoms with E-state index in [0.29, 0.717) is 30.2 Å². The maximum Gasteiger partial charge on any atom is 0.228 e. The van der Waals surface area contributed by atoms with Gasteiger partial charge in [0.25, 0.3) is 0 Å². The molecule has 5 nitrogen and oxygen atoms in total. The van der Waals surface area contributed by atoms with Crippen molar-refractivity contribution in [2.24, 2.45) is 0 Å². The SMILES string of the molecule is COc1cc(C2CC(=O)N(Cc3cccc(C)c3)c3ccc4ccccc4c32)cc(OC)c1OC. The van der Waals surface area contributed by atoms with Gasteiger partial charge in [0.1, 0.15) is 0 Å². The molecule has 1 heterocycles. The van der Waals surface area contributed by atoms with Crippen molar-refractivity contribution in [1.29, 1.82) is 0 Å². The number of benzene rings is 4. The van der Waals surface area contributed by atoms with Crippen LogP contribution >= 0.6 is 0 Å². The number of nitrogens with zero attached hydrogens (tertiary/aromatic N) is 1. The summed E-state index contributed by atoms with van der Waals surface area (Å²) < 4.78 is 16.8. The molecule has 1 atom stereocenters. The van der Waals surface area contributed by atoms with E-state index in [9.17, 15) is 4.79 Å². The van der Waals surface area contributed by atoms with E-state index in [1.54, 1.807) is 21.3 Å². The molecule has 0 spiro atoms. The normalized spacial score (nSPS) is 15.1. The lowest BCUT2D eigenvalue weighted by Gasteiger charge is -2.36. The summed E-state index contributed by atoms with van der Waals surface area (Å²) in [5.41, 5.74) is 5.34. The van der Waals surface area contributed by atoms with Crippen LogP contribution in [0.25, 0.3) is 10.8 Å². The molecular weight excluding hydrogens is 438 g/mol. The molecule has 0 fully saturated rings. The second-order valence-corrected chi connectivity index (χ2v) is 8.90. The summed E-state index contributed by atoms with van der Waals surface area (Å²) in [5.74, 6) is 1.65. The smallest absolute Gasteiger partial charge is 0.228 e. The minimum atomic E-state index is -0.147. The molecule has 5 heteroatoms. The third kappa shape index (κ3) is 4.08. The van der Waals surface area contributed by atoms with Crippen molar-refractivity contribution >= 4 is 22.4 Å². The Bertz CT molecular complexity index is 1390. The van der Waals surface area contributed by atoms with E-state index < -0.39 is 0 Å². The number of rotatable bonds is 6. The topological polar surface area (TPSA) is 48.0 Å². The summed E-state index contributed by atoms with van der Waals surface area (Å²) in [6.07, 6.45) is 0.353. The first-order valence-corrected chi connectivity index (χ1v) is 11.7. The Morgan fingerprint density at radius 1 is 0.857 bits per heavy atom. The number of ether oxygens (including phenoxy) is 3. The average Bonchev–Trinajstić information content (AvgIpc) is 2.88. The van der Waals surface area contributed by atoms with Gasteiger partial charge < -0.3 is 19.1 Å². The van der Waals surface area contributed by atoms with Gasteiger partial charge in [-0.15, -0.1) is 0 Å². The molecule has 0 radical (unpaired) electrons. The van der Waals surface area contributed by atoms with E-state index in [2.05, 4.69) is 55.5 Å². The summed E-state index contributed by atoms with van der Waals surface area (Å²) in [4.78, 5) is 15.6. The molecule has 4 aromatic rings. The molecule has 1 aliphatic rings. The predicted molar refractivity (Wildman–Crippen MR) is 139 cm³/mol. The zero-order valence-electron chi connectivity index (χ0n) is 20.5. The Morgan fingerprint density at radius 3 is 2.29 bits per heavy atom. The Kier molecular flexibility index (Phi) is 6.08. The monoisotopic (exact) mass is 467 g/mol. The Balaban J connectivity index is 1.70. The molecule has 1 amide bonds. The second-order valence-electron chi connectivity index (χ2n) is 8.90. The van der Waals surface area contributed by atoms with E-state index >= 15 is 0 Å². The van der Waals surface area contributed by atoms with Gasteiger partial charge >= 0.3 is 0 Å². The quantitative estimate of drug-likeness (QED) is 0.337. The molecule has 178 valence electrons. The Morgan fingerprint density at radius 2 is 1.60 bits per heavy atom. The summed E-state index contributed by atoms with van der Waals surface area (Å²) in [7, 11) is 4.82. The van der Waals surface area contributed by atoms with Crippen molar-refractivity contribution in [3.63, 3.8) is 0 Å². The van der Waals surface area contributed by atoms with Crippen LogP contribution < -0.4 is 19.1 Å². The highest BCUT2D eigenvalue weighted by Crippen LogP contribution is 2.48. The van der Waals surface area contributed by atoms with Gasteiger partial charge in [-0.2, -0.15) is 0 Å². The third-order valence-corrected chi connectivity index (χ3v) is 6.78. The Hall–Kier alpha value is -3.99. The minimum absolute atomic E-state index is 0.0908. The van der Waals surface area contributed by atoms with E-state index in [-0.39, 0.29) is 11.8 Å². The summed E-state index contributed by atoms with van der Waals surface area (Å²) in [5, 5.41) is 2.29. The Labute approximate surface area is 205 Å². The number of fused-ring (bicyclic) bond motifs is 3. The summed E-state index contributed by atoms with van der Waals surface area (Å²) in [6.45, 7) is 2.61. The fraction of sp³-hybridized carbons (Fsp3) is 0.233. The van der Waals surface area contributed by atoms with Crippen molar-refractivity contribution in [3.05, 3.63) is 95.1 Å². The highest BCUT2D eigenvalue weighted by molar-refractivity contribution is 6.03. The molecule has 0 bridgehead atoms. The van der Waals surface area contributed by atoms with Gasteiger partial charge in [-0.05, 0) is 52.6 Å². The molecule has 4 aromatic carbocycles. The van der Waals surface area contributed by atoms with E-state index in [4.69, 9.17) is 14.2 Å². The van der Waals surface area contributed by atoms with Gasteiger partial charge in [0.05, 0.1) is 27.9 Å². The van der Waals surface area contributed by atoms with Crippen LogP contribution in [0.4, 0.5) is 5.69 Å². The molecule has 1 unspecified atom stereocenters. The lowest BCUT2D eigenvalue weighted by Crippen LogP contribution is -2.36. The molecular formula is C30H29NO4. The molecule has 0 saturated carbocycles. The molecule has 35 heavy (non-hydrogen) atoms. The zero-order chi connectivity index (χ0) is 24.5. The molecule has 0 N–H and O–H groups in total. The standard InChI is InChI=1S/C30H29NO4/c1-19-8-7-9-20(14-19)18-31-25-13-12-21-10-5-6-11-23(21)29(25)24(17-28(31)32)22-15-26(33-2)30(35-4)27(16-22)34-3/h5-16,24H,17-18H2,1-4H3. The molecule has 0 aliphatic carbocycles. The third-order valence-electron chi connectivity index (χ3n) is 6.78. The number of amides is 1. The van der Waals surface area contributed by atoms with Crippen molar-refractivity contribution < 1.29 is 19.0 Å². The number of hydrogen-bond acceptors (Lipinski definition) is 4. The van der Waals surface area contributed by atoms with Crippen LogP contribution in [-0.4, -0.2) is 27.2 Å². The highest BCUT2D eigenvalue weighted by atomic mass is 16.5. The van der Waals surface area contributed by atoms with Crippen LogP contribution in [0, 0.1) is 6.92 Å². The molecule has 0 aromatic heterocycles. The van der Waals surface area contributed by atoms with Crippen molar-refractivity contribution in [1.82, 2.24) is 0 Å². The van der Waals surface area contributed by atoms with E-state index in [1.165, 1.54) is 5.56 Å². The molecule has 5 rings (SSSR count). The molecule has 1 aliphatic heterocycles. The van der Waals surface area contributed by atoms with Gasteiger partial charge in [0, 0.05) is 18.0 Å². The van der Waals surface area contributed by atoms with Crippen LogP contribution in [0.15, 0.2) is 72.8 Å². The van der Waals surface area contributed by atoms with Gasteiger partial charge in [-0.3, -0.25) is 4.79 Å². The first kappa shape index (κ1) is 22.8. The zero-order valence-corrected chi connectivity index (χ0v) is 20.5. The van der Waals surface area contributed by atoms with Gasteiger partial charge in [0.15, 0.2) is 11.5 Å². The van der Waals surface area contributed by atoms with Crippen molar-refractivity contribution in [3.8, 4) is 17.2 Å². The van der Waals surface area contributed by atoms with Gasteiger partial charge in [-0.25, -0.2) is 0 Å². The van der Waals surface area contributed by atoms with Crippen LogP contribution in [0.1, 0.15) is 34.6 Å². The number of anilines is 1. The number of hydrogen-bond donors (Lipinski definition) is 0. The maximum absolute atomic E-state index is 13.6. The summed E-state index contributed by atoms with van der Waals surface area (Å²) in [6, 6.07) is 24.8. The van der Waals surface area contributed by atoms with Crippen LogP contribution in [-0.2, 0) is 11.3 Å². The van der Waals surface area contributed by atoms with E-state index in [1.807, 2.05) is 29.2 Å². The lowest BCUT2D eigenvalue weighted by atomic mass is 9.81. The lowest BCUT2D eigenvalue weighted by molar-refractivity contribution is -0.119. The first-order chi connectivity index (χ1) is 17.0. The number of methoxy groups -OCH3 is 3. The average molecular weight is 468 g/mol. The highest BCUT2D eigenvalue weighted by Gasteiger charge is 2.34. The van der Waals surface area contributed by atoms with Crippen molar-refractivity contribution in [2.75, 3.05) is 26.2 Å². The second kappa shape index (κ2) is 9.34. The van der Waals surface area contributed by atoms with Crippen LogP contribution in [0.2, 0.25) is 0 Å². The molecule has 0 saturated heterocycles. The first-order valence-electron chi connectivity index (χ1n) is 11.7. The van der Waals surface area contributed by atoms with Crippen molar-refractivity contribution in [2.45, 2.75) is 25.8 Å². The van der Waals surface area contributed by atoms with Crippen LogP contribution in [0.5, 0.6) is 17.2 Å².